The highest BCUT2D eigenvalue weighted by atomic mass is 19.4. The fourth-order valence-corrected chi connectivity index (χ4v) is 1.60. The zero-order valence-corrected chi connectivity index (χ0v) is 11.3. The lowest BCUT2D eigenvalue weighted by Gasteiger charge is -2.28. The Kier molecular flexibility index (Phi) is 4.75. The van der Waals surface area contributed by atoms with E-state index in [9.17, 15) is 13.2 Å². The summed E-state index contributed by atoms with van der Waals surface area (Å²) in [6, 6.07) is 0. The van der Waals surface area contributed by atoms with Gasteiger partial charge < -0.3 is 4.90 Å². The second-order valence-corrected chi connectivity index (χ2v) is 3.75. The number of amidine groups is 1. The highest BCUT2D eigenvalue weighted by Gasteiger charge is 2.36. The van der Waals surface area contributed by atoms with E-state index in [0.29, 0.717) is 0 Å². The van der Waals surface area contributed by atoms with Crippen LogP contribution in [0.5, 0.6) is 0 Å². The number of nitrogens with zero attached hydrogens (tertiary/aromatic N) is 2. The van der Waals surface area contributed by atoms with E-state index in [0.717, 1.165) is 18.1 Å². The van der Waals surface area contributed by atoms with Gasteiger partial charge in [-0.25, -0.2) is 4.99 Å². The van der Waals surface area contributed by atoms with E-state index in [1.54, 1.807) is 23.3 Å². The van der Waals surface area contributed by atoms with Crippen molar-refractivity contribution in [1.82, 2.24) is 4.90 Å². The fraction of sp³-hybridized carbons (Fsp3) is 0.357. The Labute approximate surface area is 111 Å². The maximum Gasteiger partial charge on any atom is 0.433 e. The summed E-state index contributed by atoms with van der Waals surface area (Å²) in [5.41, 5.74) is 0.387. The smallest absolute Gasteiger partial charge is 0.302 e. The number of hydrogen-bond donors (Lipinski definition) is 0. The topological polar surface area (TPSA) is 15.6 Å². The summed E-state index contributed by atoms with van der Waals surface area (Å²) in [5, 5.41) is 0. The third-order valence-electron chi connectivity index (χ3n) is 2.53. The van der Waals surface area contributed by atoms with Crippen LogP contribution >= 0.6 is 0 Å². The second kappa shape index (κ2) is 5.91. The first kappa shape index (κ1) is 15.3. The van der Waals surface area contributed by atoms with Crippen LogP contribution in [-0.4, -0.2) is 16.9 Å². The fourth-order valence-electron chi connectivity index (χ4n) is 1.60. The van der Waals surface area contributed by atoms with Gasteiger partial charge in [0.2, 0.25) is 0 Å². The normalized spacial score (nSPS) is 17.9. The second-order valence-electron chi connectivity index (χ2n) is 3.75. The summed E-state index contributed by atoms with van der Waals surface area (Å²) in [7, 11) is 0. The van der Waals surface area contributed by atoms with Crippen molar-refractivity contribution in [3.05, 3.63) is 48.0 Å². The highest BCUT2D eigenvalue weighted by molar-refractivity contribution is 5.98. The summed E-state index contributed by atoms with van der Waals surface area (Å²) in [5.74, 6) is 0.252. The Hall–Kier alpha value is -1.78. The number of aliphatic imine (C=N–C) groups is 1. The van der Waals surface area contributed by atoms with E-state index < -0.39 is 11.9 Å². The molecule has 0 saturated heterocycles. The van der Waals surface area contributed by atoms with Gasteiger partial charge in [-0.2, -0.15) is 13.2 Å². The molecule has 0 aromatic rings. The summed E-state index contributed by atoms with van der Waals surface area (Å²) < 4.78 is 37.6. The molecule has 104 valence electrons. The van der Waals surface area contributed by atoms with Crippen LogP contribution in [0, 0.1) is 0 Å². The van der Waals surface area contributed by atoms with Crippen LogP contribution in [0.1, 0.15) is 27.2 Å². The maximum atomic E-state index is 12.5. The molecule has 2 heterocycles. The number of allylic oxidation sites excluding steroid dienone is 4. The van der Waals surface area contributed by atoms with Gasteiger partial charge in [-0.05, 0) is 24.1 Å². The van der Waals surface area contributed by atoms with Gasteiger partial charge in [0.1, 0.15) is 11.5 Å². The number of halogens is 3. The molecule has 0 fully saturated rings. The lowest BCUT2D eigenvalue weighted by molar-refractivity contribution is -0.0927. The Morgan fingerprint density at radius 2 is 1.89 bits per heavy atom. The van der Waals surface area contributed by atoms with Crippen LogP contribution in [0.3, 0.4) is 0 Å². The third kappa shape index (κ3) is 3.36. The SMILES string of the molecule is C=C1C=C(C(F)(F)F)N=C2C=CC(CC)=CN12.CC. The van der Waals surface area contributed by atoms with Crippen LogP contribution in [0.25, 0.3) is 0 Å². The van der Waals surface area contributed by atoms with E-state index in [-0.39, 0.29) is 11.5 Å². The van der Waals surface area contributed by atoms with Crippen molar-refractivity contribution in [2.75, 3.05) is 0 Å². The number of fused-ring (bicyclic) bond motifs is 1. The third-order valence-corrected chi connectivity index (χ3v) is 2.53. The molecule has 0 radical (unpaired) electrons. The lowest BCUT2D eigenvalue weighted by atomic mass is 10.1. The number of hydrogen-bond acceptors (Lipinski definition) is 2. The Morgan fingerprint density at radius 3 is 2.42 bits per heavy atom. The van der Waals surface area contributed by atoms with Gasteiger partial charge in [-0.15, -0.1) is 0 Å². The molecular weight excluding hydrogens is 253 g/mol. The van der Waals surface area contributed by atoms with Gasteiger partial charge >= 0.3 is 6.18 Å². The zero-order chi connectivity index (χ0) is 14.6. The summed E-state index contributed by atoms with van der Waals surface area (Å²) in [6.45, 7) is 9.60. The number of rotatable bonds is 1. The molecular formula is C14H17F3N2. The van der Waals surface area contributed by atoms with Crippen LogP contribution in [-0.2, 0) is 0 Å². The molecule has 0 amide bonds. The van der Waals surface area contributed by atoms with Crippen molar-refractivity contribution in [2.24, 2.45) is 4.99 Å². The predicted molar refractivity (Wildman–Crippen MR) is 71.4 cm³/mol. The monoisotopic (exact) mass is 270 g/mol. The van der Waals surface area contributed by atoms with Gasteiger partial charge in [-0.1, -0.05) is 33.4 Å². The average Bonchev–Trinajstić information content (AvgIpc) is 2.39. The Morgan fingerprint density at radius 1 is 1.26 bits per heavy atom. The predicted octanol–water partition coefficient (Wildman–Crippen LogP) is 4.55. The summed E-state index contributed by atoms with van der Waals surface area (Å²) >= 11 is 0. The minimum atomic E-state index is -4.44. The molecule has 0 atom stereocenters. The van der Waals surface area contributed by atoms with Crippen molar-refractivity contribution in [1.29, 1.82) is 0 Å². The summed E-state index contributed by atoms with van der Waals surface area (Å²) in [6.07, 6.45) is 2.41. The van der Waals surface area contributed by atoms with E-state index in [2.05, 4.69) is 11.6 Å². The minimum Gasteiger partial charge on any atom is -0.302 e. The summed E-state index contributed by atoms with van der Waals surface area (Å²) in [4.78, 5) is 5.14. The Balaban J connectivity index is 0.000000861. The first-order valence-corrected chi connectivity index (χ1v) is 6.16. The van der Waals surface area contributed by atoms with Gasteiger partial charge in [0.05, 0.1) is 0 Å². The van der Waals surface area contributed by atoms with E-state index in [1.807, 2.05) is 20.8 Å². The zero-order valence-electron chi connectivity index (χ0n) is 11.3. The van der Waals surface area contributed by atoms with E-state index >= 15 is 0 Å². The quantitative estimate of drug-likeness (QED) is 0.682. The minimum absolute atomic E-state index is 0.252. The molecule has 0 aromatic carbocycles. The van der Waals surface area contributed by atoms with Crippen LogP contribution in [0.4, 0.5) is 13.2 Å². The lowest BCUT2D eigenvalue weighted by Crippen LogP contribution is -2.30. The molecule has 0 N–H and O–H groups in total. The molecule has 19 heavy (non-hydrogen) atoms. The molecule has 2 rings (SSSR count). The van der Waals surface area contributed by atoms with Gasteiger partial charge in [-0.3, -0.25) is 0 Å². The largest absolute Gasteiger partial charge is 0.433 e. The van der Waals surface area contributed by atoms with Gasteiger partial charge in [0, 0.05) is 11.9 Å². The van der Waals surface area contributed by atoms with Crippen LogP contribution in [0.15, 0.2) is 53.0 Å². The van der Waals surface area contributed by atoms with Crippen molar-refractivity contribution in [2.45, 2.75) is 33.4 Å². The van der Waals surface area contributed by atoms with Crippen LogP contribution in [0.2, 0.25) is 0 Å². The standard InChI is InChI=1S/C12H11F3N2.C2H6/c1-3-9-4-5-11-16-10(12(13,14)15)6-8(2)17(11)7-9;1-2/h4-7H,2-3H2,1H3;1-2H3. The van der Waals surface area contributed by atoms with Gasteiger partial charge in [0.15, 0.2) is 0 Å². The Bertz CT molecular complexity index is 479. The first-order chi connectivity index (χ1) is 8.91. The van der Waals surface area contributed by atoms with E-state index in [1.165, 1.54) is 0 Å². The molecule has 2 aliphatic heterocycles. The maximum absolute atomic E-state index is 12.5. The number of alkyl halides is 3. The molecule has 0 aliphatic carbocycles. The molecule has 0 spiro atoms. The molecule has 0 aromatic heterocycles. The van der Waals surface area contributed by atoms with E-state index in [4.69, 9.17) is 0 Å². The average molecular weight is 270 g/mol. The molecule has 0 unspecified atom stereocenters. The van der Waals surface area contributed by atoms with Crippen molar-refractivity contribution in [3.8, 4) is 0 Å². The highest BCUT2D eigenvalue weighted by Crippen LogP contribution is 2.32. The molecule has 2 aliphatic rings. The van der Waals surface area contributed by atoms with Crippen molar-refractivity contribution in [3.63, 3.8) is 0 Å². The van der Waals surface area contributed by atoms with Gasteiger partial charge in [0.25, 0.3) is 0 Å². The first-order valence-electron chi connectivity index (χ1n) is 6.16. The van der Waals surface area contributed by atoms with Crippen LogP contribution < -0.4 is 0 Å². The van der Waals surface area contributed by atoms with Crippen molar-refractivity contribution < 1.29 is 13.2 Å². The molecule has 0 bridgehead atoms. The molecule has 5 heteroatoms. The molecule has 0 saturated carbocycles. The molecule has 2 nitrogen and oxygen atoms in total. The van der Waals surface area contributed by atoms with Crippen molar-refractivity contribution >= 4 is 5.84 Å².